The number of anilines is 1. The molecule has 0 bridgehead atoms. The SMILES string of the molecule is CCC=N/C=C(/Cl)c1conc1N. The number of nitrogen functional groups attached to an aromatic ring is 1. The summed E-state index contributed by atoms with van der Waals surface area (Å²) in [5.41, 5.74) is 6.03. The van der Waals surface area contributed by atoms with Crippen molar-refractivity contribution < 1.29 is 4.52 Å². The molecule has 0 fully saturated rings. The third-order valence-corrected chi connectivity index (χ3v) is 1.63. The zero-order valence-electron chi connectivity index (χ0n) is 7.20. The summed E-state index contributed by atoms with van der Waals surface area (Å²) in [5, 5.41) is 3.91. The quantitative estimate of drug-likeness (QED) is 0.760. The Morgan fingerprint density at radius 3 is 3.15 bits per heavy atom. The predicted octanol–water partition coefficient (Wildman–Crippen LogP) is 2.27. The number of aromatic nitrogens is 1. The van der Waals surface area contributed by atoms with Gasteiger partial charge in [-0.05, 0) is 6.42 Å². The van der Waals surface area contributed by atoms with Crippen molar-refractivity contribution in [2.45, 2.75) is 13.3 Å². The molecule has 1 aromatic rings. The molecule has 0 saturated carbocycles. The molecule has 1 heterocycles. The molecular formula is C8H10ClN3O. The van der Waals surface area contributed by atoms with Crippen LogP contribution in [0.4, 0.5) is 5.82 Å². The summed E-state index contributed by atoms with van der Waals surface area (Å²) >= 11 is 5.86. The highest BCUT2D eigenvalue weighted by Crippen LogP contribution is 2.23. The summed E-state index contributed by atoms with van der Waals surface area (Å²) in [6.07, 6.45) is 5.50. The molecule has 0 aromatic carbocycles. The van der Waals surface area contributed by atoms with E-state index in [9.17, 15) is 0 Å². The Labute approximate surface area is 81.1 Å². The Bertz CT molecular complexity index is 330. The second kappa shape index (κ2) is 4.67. The van der Waals surface area contributed by atoms with Crippen LogP contribution in [0.25, 0.3) is 5.03 Å². The maximum Gasteiger partial charge on any atom is 0.175 e. The van der Waals surface area contributed by atoms with Crippen LogP contribution in [0.3, 0.4) is 0 Å². The van der Waals surface area contributed by atoms with Gasteiger partial charge >= 0.3 is 0 Å². The lowest BCUT2D eigenvalue weighted by molar-refractivity contribution is 0.423. The maximum absolute atomic E-state index is 5.86. The zero-order chi connectivity index (χ0) is 9.68. The molecule has 5 heteroatoms. The first-order valence-electron chi connectivity index (χ1n) is 3.83. The van der Waals surface area contributed by atoms with Gasteiger partial charge in [0.25, 0.3) is 0 Å². The van der Waals surface area contributed by atoms with E-state index in [0.29, 0.717) is 10.6 Å². The van der Waals surface area contributed by atoms with Gasteiger partial charge in [-0.1, -0.05) is 23.7 Å². The molecule has 1 aromatic heterocycles. The summed E-state index contributed by atoms with van der Waals surface area (Å²) < 4.78 is 4.62. The number of rotatable bonds is 3. The van der Waals surface area contributed by atoms with Crippen LogP contribution >= 0.6 is 11.6 Å². The van der Waals surface area contributed by atoms with Crippen molar-refractivity contribution in [3.05, 3.63) is 18.0 Å². The zero-order valence-corrected chi connectivity index (χ0v) is 7.95. The minimum atomic E-state index is 0.271. The highest BCUT2D eigenvalue weighted by Gasteiger charge is 2.06. The smallest absolute Gasteiger partial charge is 0.175 e. The molecule has 0 radical (unpaired) electrons. The first-order valence-corrected chi connectivity index (χ1v) is 4.21. The lowest BCUT2D eigenvalue weighted by Crippen LogP contribution is -1.87. The fourth-order valence-corrected chi connectivity index (χ4v) is 0.915. The van der Waals surface area contributed by atoms with E-state index in [4.69, 9.17) is 17.3 Å². The molecular weight excluding hydrogens is 190 g/mol. The maximum atomic E-state index is 5.86. The Kier molecular flexibility index (Phi) is 3.52. The molecule has 70 valence electrons. The summed E-state index contributed by atoms with van der Waals surface area (Å²) in [5.74, 6) is 0.271. The topological polar surface area (TPSA) is 64.4 Å². The van der Waals surface area contributed by atoms with Crippen molar-refractivity contribution in [1.82, 2.24) is 5.16 Å². The predicted molar refractivity (Wildman–Crippen MR) is 53.5 cm³/mol. The molecule has 0 aliphatic heterocycles. The van der Waals surface area contributed by atoms with Crippen molar-refractivity contribution >= 4 is 28.7 Å². The number of aliphatic imine (C=N–C) groups is 1. The Morgan fingerprint density at radius 1 is 1.85 bits per heavy atom. The molecule has 0 aliphatic rings. The summed E-state index contributed by atoms with van der Waals surface area (Å²) in [4.78, 5) is 3.94. The minimum Gasteiger partial charge on any atom is -0.380 e. The van der Waals surface area contributed by atoms with Gasteiger partial charge in [0.15, 0.2) is 5.82 Å². The van der Waals surface area contributed by atoms with E-state index in [1.165, 1.54) is 12.5 Å². The second-order valence-corrected chi connectivity index (χ2v) is 2.74. The van der Waals surface area contributed by atoms with Gasteiger partial charge in [0.05, 0.1) is 10.6 Å². The molecule has 0 amide bonds. The van der Waals surface area contributed by atoms with E-state index >= 15 is 0 Å². The highest BCUT2D eigenvalue weighted by atomic mass is 35.5. The lowest BCUT2D eigenvalue weighted by atomic mass is 10.3. The molecule has 4 nitrogen and oxygen atoms in total. The summed E-state index contributed by atoms with van der Waals surface area (Å²) in [6, 6.07) is 0. The van der Waals surface area contributed by atoms with E-state index in [1.807, 2.05) is 6.92 Å². The second-order valence-electron chi connectivity index (χ2n) is 2.33. The van der Waals surface area contributed by atoms with E-state index in [2.05, 4.69) is 14.7 Å². The van der Waals surface area contributed by atoms with E-state index in [0.717, 1.165) is 6.42 Å². The van der Waals surface area contributed by atoms with Crippen LogP contribution in [-0.4, -0.2) is 11.4 Å². The molecule has 1 rings (SSSR count). The minimum absolute atomic E-state index is 0.271. The van der Waals surface area contributed by atoms with Crippen LogP contribution in [0.15, 0.2) is 22.0 Å². The van der Waals surface area contributed by atoms with Gasteiger partial charge in [-0.3, -0.25) is 4.99 Å². The molecule has 0 aliphatic carbocycles. The number of hydrogen-bond donors (Lipinski definition) is 1. The van der Waals surface area contributed by atoms with Crippen LogP contribution in [0.1, 0.15) is 18.9 Å². The molecule has 13 heavy (non-hydrogen) atoms. The fraction of sp³-hybridized carbons (Fsp3) is 0.250. The highest BCUT2D eigenvalue weighted by molar-refractivity contribution is 6.49. The average Bonchev–Trinajstić information content (AvgIpc) is 2.52. The van der Waals surface area contributed by atoms with Crippen molar-refractivity contribution in [3.63, 3.8) is 0 Å². The number of hydrogen-bond acceptors (Lipinski definition) is 4. The van der Waals surface area contributed by atoms with Gasteiger partial charge in [-0.15, -0.1) is 0 Å². The molecule has 0 atom stereocenters. The van der Waals surface area contributed by atoms with Gasteiger partial charge in [-0.2, -0.15) is 0 Å². The van der Waals surface area contributed by atoms with Crippen molar-refractivity contribution in [1.29, 1.82) is 0 Å². The summed E-state index contributed by atoms with van der Waals surface area (Å²) in [6.45, 7) is 1.99. The van der Waals surface area contributed by atoms with Crippen molar-refractivity contribution in [2.75, 3.05) is 5.73 Å². The first kappa shape index (κ1) is 9.80. The van der Waals surface area contributed by atoms with Crippen molar-refractivity contribution in [3.8, 4) is 0 Å². The van der Waals surface area contributed by atoms with Gasteiger partial charge in [0.1, 0.15) is 6.26 Å². The lowest BCUT2D eigenvalue weighted by Gasteiger charge is -1.90. The molecule has 0 unspecified atom stereocenters. The molecule has 0 saturated heterocycles. The normalized spacial score (nSPS) is 12.6. The van der Waals surface area contributed by atoms with Crippen LogP contribution in [-0.2, 0) is 0 Å². The Morgan fingerprint density at radius 2 is 2.62 bits per heavy atom. The Balaban J connectivity index is 2.78. The molecule has 0 spiro atoms. The third-order valence-electron chi connectivity index (χ3n) is 1.33. The van der Waals surface area contributed by atoms with Crippen LogP contribution in [0, 0.1) is 0 Å². The number of nitrogens with zero attached hydrogens (tertiary/aromatic N) is 2. The van der Waals surface area contributed by atoms with Crippen LogP contribution < -0.4 is 5.73 Å². The third kappa shape index (κ3) is 2.59. The average molecular weight is 200 g/mol. The van der Waals surface area contributed by atoms with E-state index < -0.39 is 0 Å². The summed E-state index contributed by atoms with van der Waals surface area (Å²) in [7, 11) is 0. The van der Waals surface area contributed by atoms with Crippen molar-refractivity contribution in [2.24, 2.45) is 4.99 Å². The Hall–Kier alpha value is -1.29. The van der Waals surface area contributed by atoms with Gasteiger partial charge in [0, 0.05) is 12.4 Å². The first-order chi connectivity index (χ1) is 6.25. The fourth-order valence-electron chi connectivity index (χ4n) is 0.717. The van der Waals surface area contributed by atoms with Crippen LogP contribution in [0.5, 0.6) is 0 Å². The van der Waals surface area contributed by atoms with Crippen LogP contribution in [0.2, 0.25) is 0 Å². The van der Waals surface area contributed by atoms with E-state index in [-0.39, 0.29) is 5.82 Å². The number of nitrogens with two attached hydrogens (primary N) is 1. The van der Waals surface area contributed by atoms with Gasteiger partial charge < -0.3 is 10.3 Å². The largest absolute Gasteiger partial charge is 0.380 e. The van der Waals surface area contributed by atoms with Gasteiger partial charge in [-0.25, -0.2) is 0 Å². The van der Waals surface area contributed by atoms with E-state index in [1.54, 1.807) is 6.21 Å². The standard InChI is InChI=1S/C8H10ClN3O/c1-2-3-11-4-7(9)6-5-13-12-8(6)10/h3-5H,2H2,1H3,(H2,10,12)/b7-4+,11-3?. The van der Waals surface area contributed by atoms with Gasteiger partial charge in [0.2, 0.25) is 0 Å². The monoisotopic (exact) mass is 199 g/mol. The number of halogens is 1. The molecule has 2 N–H and O–H groups in total.